The molecule has 0 aromatic heterocycles. The smallest absolute Gasteiger partial charge is 0.00725 e. The molecule has 0 radical (unpaired) electrons. The van der Waals surface area contributed by atoms with Crippen LogP contribution < -0.4 is 5.32 Å². The van der Waals surface area contributed by atoms with Crippen molar-refractivity contribution in [3.05, 3.63) is 0 Å². The summed E-state index contributed by atoms with van der Waals surface area (Å²) in [6, 6.07) is 0.746. The van der Waals surface area contributed by atoms with Gasteiger partial charge in [0, 0.05) is 12.6 Å². The molecule has 1 aliphatic rings. The Labute approximate surface area is 116 Å². The maximum absolute atomic E-state index is 3.74. The van der Waals surface area contributed by atoms with Crippen LogP contribution in [0.5, 0.6) is 0 Å². The highest BCUT2D eigenvalue weighted by atomic mass is 14.9. The lowest BCUT2D eigenvalue weighted by molar-refractivity contribution is 0.119. The first-order valence-electron chi connectivity index (χ1n) is 7.85. The van der Waals surface area contributed by atoms with Crippen LogP contribution in [-0.2, 0) is 0 Å². The van der Waals surface area contributed by atoms with Gasteiger partial charge in [0.2, 0.25) is 0 Å². The summed E-state index contributed by atoms with van der Waals surface area (Å²) < 4.78 is 0. The summed E-state index contributed by atoms with van der Waals surface area (Å²) in [7, 11) is 0. The minimum Gasteiger partial charge on any atom is -0.313 e. The molecule has 1 fully saturated rings. The Morgan fingerprint density at radius 3 is 2.00 bits per heavy atom. The van der Waals surface area contributed by atoms with E-state index in [2.05, 4.69) is 60.7 Å². The predicted octanol–water partition coefficient (Wildman–Crippen LogP) is 5.25. The molecule has 0 bridgehead atoms. The van der Waals surface area contributed by atoms with Crippen LogP contribution in [0.2, 0.25) is 0 Å². The third kappa shape index (κ3) is 7.41. The maximum Gasteiger partial charge on any atom is 0.00725 e. The molecule has 0 spiro atoms. The molecule has 1 aliphatic carbocycles. The third-order valence-electron chi connectivity index (χ3n) is 3.98. The highest BCUT2D eigenvalue weighted by Gasteiger charge is 2.33. The number of rotatable bonds is 2. The van der Waals surface area contributed by atoms with Gasteiger partial charge < -0.3 is 5.32 Å². The fraction of sp³-hybridized carbons (Fsp3) is 1.00. The SMILES string of the molecule is CCC.C[C@@H]1CC[C@@H](NCC(C)(C)C)CC1(C)C. The average molecular weight is 255 g/mol. The van der Waals surface area contributed by atoms with E-state index in [9.17, 15) is 0 Å². The van der Waals surface area contributed by atoms with E-state index >= 15 is 0 Å². The van der Waals surface area contributed by atoms with Crippen LogP contribution in [0.1, 0.15) is 81.1 Å². The van der Waals surface area contributed by atoms with Gasteiger partial charge in [0.15, 0.2) is 0 Å². The van der Waals surface area contributed by atoms with Crippen molar-refractivity contribution >= 4 is 0 Å². The van der Waals surface area contributed by atoms with Gasteiger partial charge in [0.05, 0.1) is 0 Å². The summed E-state index contributed by atoms with van der Waals surface area (Å²) in [5.74, 6) is 0.880. The zero-order valence-electron chi connectivity index (χ0n) is 14.2. The van der Waals surface area contributed by atoms with E-state index in [1.807, 2.05) is 0 Å². The number of hydrogen-bond donors (Lipinski definition) is 1. The Balaban J connectivity index is 0.000000873. The van der Waals surface area contributed by atoms with Crippen molar-refractivity contribution in [2.75, 3.05) is 6.54 Å². The molecule has 1 heteroatoms. The van der Waals surface area contributed by atoms with Crippen molar-refractivity contribution in [1.29, 1.82) is 0 Å². The van der Waals surface area contributed by atoms with E-state index in [4.69, 9.17) is 0 Å². The van der Waals surface area contributed by atoms with Crippen molar-refractivity contribution < 1.29 is 0 Å². The highest BCUT2D eigenvalue weighted by Crippen LogP contribution is 2.40. The van der Waals surface area contributed by atoms with Gasteiger partial charge in [-0.25, -0.2) is 0 Å². The second-order valence-corrected chi connectivity index (χ2v) is 8.02. The Kier molecular flexibility index (Phi) is 7.51. The summed E-state index contributed by atoms with van der Waals surface area (Å²) in [6.45, 7) is 19.5. The number of hydrogen-bond acceptors (Lipinski definition) is 1. The summed E-state index contributed by atoms with van der Waals surface area (Å²) >= 11 is 0. The second-order valence-electron chi connectivity index (χ2n) is 8.02. The Morgan fingerprint density at radius 1 is 1.11 bits per heavy atom. The van der Waals surface area contributed by atoms with E-state index in [0.29, 0.717) is 10.8 Å². The minimum absolute atomic E-state index is 0.410. The Morgan fingerprint density at radius 2 is 1.61 bits per heavy atom. The fourth-order valence-electron chi connectivity index (χ4n) is 2.40. The molecule has 18 heavy (non-hydrogen) atoms. The topological polar surface area (TPSA) is 12.0 Å². The lowest BCUT2D eigenvalue weighted by Gasteiger charge is -2.41. The summed E-state index contributed by atoms with van der Waals surface area (Å²) in [4.78, 5) is 0. The van der Waals surface area contributed by atoms with Crippen LogP contribution in [0.3, 0.4) is 0 Å². The van der Waals surface area contributed by atoms with Crippen molar-refractivity contribution in [2.45, 2.75) is 87.1 Å². The molecule has 0 unspecified atom stereocenters. The van der Waals surface area contributed by atoms with Gasteiger partial charge in [-0.05, 0) is 36.0 Å². The monoisotopic (exact) mass is 255 g/mol. The largest absolute Gasteiger partial charge is 0.313 e. The first-order chi connectivity index (χ1) is 8.12. The molecule has 1 nitrogen and oxygen atoms in total. The molecule has 1 rings (SSSR count). The van der Waals surface area contributed by atoms with Gasteiger partial charge in [0.1, 0.15) is 0 Å². The van der Waals surface area contributed by atoms with Crippen LogP contribution in [0.25, 0.3) is 0 Å². The molecule has 0 amide bonds. The third-order valence-corrected chi connectivity index (χ3v) is 3.98. The lowest BCUT2D eigenvalue weighted by Crippen LogP contribution is -2.43. The molecule has 0 aliphatic heterocycles. The van der Waals surface area contributed by atoms with E-state index in [1.54, 1.807) is 0 Å². The molecule has 0 aromatic carbocycles. The molecular weight excluding hydrogens is 218 g/mol. The van der Waals surface area contributed by atoms with Crippen LogP contribution in [-0.4, -0.2) is 12.6 Å². The molecule has 2 atom stereocenters. The molecule has 110 valence electrons. The molecule has 0 saturated heterocycles. The van der Waals surface area contributed by atoms with Gasteiger partial charge in [-0.15, -0.1) is 0 Å². The van der Waals surface area contributed by atoms with Crippen LogP contribution in [0, 0.1) is 16.7 Å². The van der Waals surface area contributed by atoms with Crippen molar-refractivity contribution in [3.63, 3.8) is 0 Å². The lowest BCUT2D eigenvalue weighted by atomic mass is 9.68. The normalized spacial score (nSPS) is 27.3. The predicted molar refractivity (Wildman–Crippen MR) is 84.0 cm³/mol. The van der Waals surface area contributed by atoms with Crippen LogP contribution in [0.4, 0.5) is 0 Å². The van der Waals surface area contributed by atoms with Crippen molar-refractivity contribution in [1.82, 2.24) is 5.32 Å². The quantitative estimate of drug-likeness (QED) is 0.710. The van der Waals surface area contributed by atoms with Gasteiger partial charge in [-0.1, -0.05) is 61.8 Å². The summed E-state index contributed by atoms with van der Waals surface area (Å²) in [6.07, 6.45) is 5.33. The summed E-state index contributed by atoms with van der Waals surface area (Å²) in [5, 5.41) is 3.74. The van der Waals surface area contributed by atoms with Gasteiger partial charge in [-0.2, -0.15) is 0 Å². The van der Waals surface area contributed by atoms with Gasteiger partial charge in [-0.3, -0.25) is 0 Å². The molecule has 1 N–H and O–H groups in total. The van der Waals surface area contributed by atoms with Gasteiger partial charge >= 0.3 is 0 Å². The van der Waals surface area contributed by atoms with E-state index in [0.717, 1.165) is 18.5 Å². The first kappa shape index (κ1) is 18.0. The second kappa shape index (κ2) is 7.53. The highest BCUT2D eigenvalue weighted by molar-refractivity contribution is 4.88. The average Bonchev–Trinajstić information content (AvgIpc) is 2.20. The molecular formula is C17H37N. The van der Waals surface area contributed by atoms with Gasteiger partial charge in [0.25, 0.3) is 0 Å². The summed E-state index contributed by atoms with van der Waals surface area (Å²) in [5.41, 5.74) is 0.932. The maximum atomic E-state index is 3.74. The zero-order chi connectivity index (χ0) is 14.4. The minimum atomic E-state index is 0.410. The van der Waals surface area contributed by atoms with E-state index in [1.165, 1.54) is 25.7 Å². The standard InChI is InChI=1S/C14H29N.C3H8/c1-11-7-8-12(9-14(11,5)6)15-10-13(2,3)4;1-3-2/h11-12,15H,7-10H2,1-6H3;3H2,1-2H3/t11-,12-;/m1./s1. The molecule has 0 aromatic rings. The fourth-order valence-corrected chi connectivity index (χ4v) is 2.40. The Hall–Kier alpha value is -0.0400. The van der Waals surface area contributed by atoms with Crippen molar-refractivity contribution in [2.24, 2.45) is 16.7 Å². The van der Waals surface area contributed by atoms with Crippen LogP contribution in [0.15, 0.2) is 0 Å². The molecule has 1 saturated carbocycles. The van der Waals surface area contributed by atoms with E-state index in [-0.39, 0.29) is 0 Å². The number of nitrogens with one attached hydrogen (secondary N) is 1. The van der Waals surface area contributed by atoms with Crippen molar-refractivity contribution in [3.8, 4) is 0 Å². The van der Waals surface area contributed by atoms with Crippen LogP contribution >= 0.6 is 0 Å². The zero-order valence-corrected chi connectivity index (χ0v) is 14.2. The first-order valence-corrected chi connectivity index (χ1v) is 7.85. The Bertz CT molecular complexity index is 212. The van der Waals surface area contributed by atoms with E-state index < -0.39 is 0 Å². The molecule has 0 heterocycles.